The summed E-state index contributed by atoms with van der Waals surface area (Å²) in [5.74, 6) is 0. The highest BCUT2D eigenvalue weighted by Gasteiger charge is 2.46. The third-order valence-electron chi connectivity index (χ3n) is 2.61. The van der Waals surface area contributed by atoms with Crippen LogP contribution in [0.3, 0.4) is 0 Å². The molecule has 12 nitrogen and oxygen atoms in total. The van der Waals surface area contributed by atoms with Crippen LogP contribution in [0.1, 0.15) is 0 Å². The minimum atomic E-state index is -4.70. The van der Waals surface area contributed by atoms with Gasteiger partial charge >= 0.3 is 20.6 Å². The lowest BCUT2D eigenvalue weighted by Gasteiger charge is -2.41. The monoisotopic (exact) mass is 352 g/mol. The number of ether oxygens (including phenoxy) is 2. The molecule has 1 aliphatic heterocycles. The van der Waals surface area contributed by atoms with E-state index in [0.29, 0.717) is 0 Å². The summed E-state index contributed by atoms with van der Waals surface area (Å²) in [7, 11) is -7.90. The minimum Gasteiger partial charge on any atom is -0.388 e. The number of aliphatic hydroxyl groups excluding tert-OH is 2. The lowest BCUT2D eigenvalue weighted by atomic mass is 9.98. The molecule has 0 aliphatic carbocycles. The minimum absolute atomic E-state index is 0.727. The molecule has 14 heteroatoms. The molecule has 126 valence electrons. The fourth-order valence-corrected chi connectivity index (χ4v) is 2.65. The Kier molecular flexibility index (Phi) is 6.01. The molecule has 0 aromatic heterocycles. The van der Waals surface area contributed by atoms with E-state index in [2.05, 4.69) is 9.32 Å². The first-order chi connectivity index (χ1) is 9.44. The fourth-order valence-electron chi connectivity index (χ4n) is 1.73. The van der Waals surface area contributed by atoms with Crippen molar-refractivity contribution in [1.29, 1.82) is 0 Å². The Morgan fingerprint density at radius 3 is 2.24 bits per heavy atom. The van der Waals surface area contributed by atoms with Crippen LogP contribution < -0.4 is 9.86 Å². The van der Waals surface area contributed by atoms with Crippen molar-refractivity contribution in [3.8, 4) is 0 Å². The molecule has 0 unspecified atom stereocenters. The van der Waals surface area contributed by atoms with E-state index in [9.17, 15) is 27.0 Å². The Bertz CT molecular complexity index is 544. The molecular formula is C7H16N2O10S2. The first kappa shape index (κ1) is 18.6. The van der Waals surface area contributed by atoms with Gasteiger partial charge in [-0.05, 0) is 0 Å². The molecule has 1 aliphatic rings. The van der Waals surface area contributed by atoms with Crippen molar-refractivity contribution in [2.45, 2.75) is 30.6 Å². The molecule has 0 amide bonds. The predicted octanol–water partition coefficient (Wildman–Crippen LogP) is -3.94. The number of methoxy groups -OCH3 is 1. The fraction of sp³-hybridized carbons (Fsp3) is 1.00. The Labute approximate surface area is 120 Å². The molecule has 1 rings (SSSR count). The average Bonchev–Trinajstić information content (AvgIpc) is 2.31. The third kappa shape index (κ3) is 5.70. The zero-order chi connectivity index (χ0) is 16.4. The summed E-state index contributed by atoms with van der Waals surface area (Å²) in [5.41, 5.74) is 0. The molecule has 0 aromatic rings. The predicted molar refractivity (Wildman–Crippen MR) is 65.2 cm³/mol. The lowest BCUT2D eigenvalue weighted by molar-refractivity contribution is -0.258. The number of nitrogens with one attached hydrogen (secondary N) is 1. The van der Waals surface area contributed by atoms with Crippen LogP contribution in [0.15, 0.2) is 0 Å². The second kappa shape index (κ2) is 6.78. The number of nitrogens with two attached hydrogens (primary N) is 1. The van der Waals surface area contributed by atoms with Crippen LogP contribution in [0.2, 0.25) is 0 Å². The van der Waals surface area contributed by atoms with E-state index in [1.807, 2.05) is 0 Å². The summed E-state index contributed by atoms with van der Waals surface area (Å²) in [6.45, 7) is -0.727. The highest BCUT2D eigenvalue weighted by molar-refractivity contribution is 7.84. The molecule has 6 N–H and O–H groups in total. The summed E-state index contributed by atoms with van der Waals surface area (Å²) in [6.07, 6.45) is -6.26. The van der Waals surface area contributed by atoms with Crippen molar-refractivity contribution in [2.75, 3.05) is 13.7 Å². The maximum atomic E-state index is 10.8. The largest absolute Gasteiger partial charge is 0.388 e. The SMILES string of the molecule is CO[C@H]1O[C@H](COS(N)(=O)=O)[C@@H](O)[C@H](O)[C@H]1NS(=O)(=O)O. The molecule has 0 saturated carbocycles. The van der Waals surface area contributed by atoms with Crippen molar-refractivity contribution < 1.29 is 45.3 Å². The first-order valence-electron chi connectivity index (χ1n) is 5.41. The normalized spacial score (nSPS) is 34.8. The van der Waals surface area contributed by atoms with Crippen LogP contribution >= 0.6 is 0 Å². The van der Waals surface area contributed by atoms with Crippen LogP contribution in [-0.4, -0.2) is 76.0 Å². The van der Waals surface area contributed by atoms with Crippen molar-refractivity contribution in [1.82, 2.24) is 4.72 Å². The van der Waals surface area contributed by atoms with E-state index in [1.165, 1.54) is 0 Å². The van der Waals surface area contributed by atoms with Crippen LogP contribution in [0, 0.1) is 0 Å². The number of aliphatic hydroxyl groups is 2. The highest BCUT2D eigenvalue weighted by atomic mass is 32.2. The maximum absolute atomic E-state index is 10.8. The van der Waals surface area contributed by atoms with Gasteiger partial charge in [0.25, 0.3) is 0 Å². The summed E-state index contributed by atoms with van der Waals surface area (Å²) < 4.78 is 67.2. The van der Waals surface area contributed by atoms with Crippen LogP contribution in [-0.2, 0) is 34.3 Å². The van der Waals surface area contributed by atoms with Gasteiger partial charge in [-0.25, -0.2) is 5.14 Å². The Balaban J connectivity index is 2.84. The van der Waals surface area contributed by atoms with Crippen LogP contribution in [0.25, 0.3) is 0 Å². The van der Waals surface area contributed by atoms with E-state index in [-0.39, 0.29) is 0 Å². The topological polar surface area (TPSA) is 195 Å². The maximum Gasteiger partial charge on any atom is 0.333 e. The standard InChI is InChI=1S/C7H16N2O10S2/c1-17-7-4(9-21(14,15)16)6(11)5(10)3(19-7)2-18-20(8,12)13/h3-7,9-11H,2H2,1H3,(H2,8,12,13)(H,14,15,16)/t3-,4-,5-,6-,7+/m1/s1. The molecule has 1 heterocycles. The molecule has 5 atom stereocenters. The highest BCUT2D eigenvalue weighted by Crippen LogP contribution is 2.22. The van der Waals surface area contributed by atoms with E-state index in [0.717, 1.165) is 7.11 Å². The van der Waals surface area contributed by atoms with Gasteiger partial charge in [0.1, 0.15) is 24.4 Å². The smallest absolute Gasteiger partial charge is 0.333 e. The molecule has 1 saturated heterocycles. The summed E-state index contributed by atoms with van der Waals surface area (Å²) in [5, 5.41) is 24.2. The summed E-state index contributed by atoms with van der Waals surface area (Å²) in [6, 6.07) is -1.52. The molecule has 0 radical (unpaired) electrons. The van der Waals surface area contributed by atoms with Gasteiger partial charge in [0.15, 0.2) is 6.29 Å². The van der Waals surface area contributed by atoms with Gasteiger partial charge in [0.2, 0.25) is 0 Å². The first-order valence-corrected chi connectivity index (χ1v) is 8.32. The van der Waals surface area contributed by atoms with Crippen LogP contribution in [0.4, 0.5) is 0 Å². The zero-order valence-corrected chi connectivity index (χ0v) is 12.3. The molecule has 0 bridgehead atoms. The van der Waals surface area contributed by atoms with Gasteiger partial charge in [-0.1, -0.05) is 0 Å². The Morgan fingerprint density at radius 2 is 1.81 bits per heavy atom. The van der Waals surface area contributed by atoms with Gasteiger partial charge in [-0.15, -0.1) is 0 Å². The third-order valence-corrected chi connectivity index (χ3v) is 3.65. The summed E-state index contributed by atoms with van der Waals surface area (Å²) in [4.78, 5) is 0. The van der Waals surface area contributed by atoms with Gasteiger partial charge in [0.05, 0.1) is 6.61 Å². The lowest BCUT2D eigenvalue weighted by Crippen LogP contribution is -2.64. The molecular weight excluding hydrogens is 336 g/mol. The van der Waals surface area contributed by atoms with Gasteiger partial charge in [-0.3, -0.25) is 8.74 Å². The van der Waals surface area contributed by atoms with Crippen molar-refractivity contribution in [3.63, 3.8) is 0 Å². The van der Waals surface area contributed by atoms with Gasteiger partial charge in [-0.2, -0.15) is 21.6 Å². The van der Waals surface area contributed by atoms with Crippen molar-refractivity contribution in [2.24, 2.45) is 5.14 Å². The van der Waals surface area contributed by atoms with Crippen LogP contribution in [0.5, 0.6) is 0 Å². The number of hydrogen-bond donors (Lipinski definition) is 5. The van der Waals surface area contributed by atoms with E-state index < -0.39 is 57.9 Å². The van der Waals surface area contributed by atoms with E-state index in [1.54, 1.807) is 4.72 Å². The van der Waals surface area contributed by atoms with Crippen molar-refractivity contribution in [3.05, 3.63) is 0 Å². The Morgan fingerprint density at radius 1 is 1.24 bits per heavy atom. The Hall–Kier alpha value is -0.420. The second-order valence-electron chi connectivity index (χ2n) is 4.16. The second-order valence-corrected chi connectivity index (χ2v) is 6.56. The number of rotatable bonds is 6. The average molecular weight is 352 g/mol. The molecule has 0 spiro atoms. The van der Waals surface area contributed by atoms with E-state index >= 15 is 0 Å². The zero-order valence-electron chi connectivity index (χ0n) is 10.7. The summed E-state index contributed by atoms with van der Waals surface area (Å²) >= 11 is 0. The van der Waals surface area contributed by atoms with Gasteiger partial charge < -0.3 is 19.7 Å². The number of hydrogen-bond acceptors (Lipinski definition) is 9. The quantitative estimate of drug-likeness (QED) is 0.294. The molecule has 0 aromatic carbocycles. The van der Waals surface area contributed by atoms with Gasteiger partial charge in [0, 0.05) is 7.11 Å². The molecule has 21 heavy (non-hydrogen) atoms. The van der Waals surface area contributed by atoms with Crippen molar-refractivity contribution >= 4 is 20.6 Å². The van der Waals surface area contributed by atoms with E-state index in [4.69, 9.17) is 14.0 Å². The molecule has 1 fully saturated rings.